The highest BCUT2D eigenvalue weighted by atomic mass is 15.4. The molecule has 17 heavy (non-hydrogen) atoms. The fourth-order valence-electron chi connectivity index (χ4n) is 2.58. The van der Waals surface area contributed by atoms with Gasteiger partial charge in [0.25, 0.3) is 0 Å². The second kappa shape index (κ2) is 5.60. The molecule has 2 rings (SSSR count). The van der Waals surface area contributed by atoms with E-state index in [-0.39, 0.29) is 0 Å². The van der Waals surface area contributed by atoms with E-state index in [0.717, 1.165) is 18.2 Å². The molecule has 2 atom stereocenters. The molecule has 1 aliphatic heterocycles. The van der Waals surface area contributed by atoms with Crippen LogP contribution in [0.3, 0.4) is 0 Å². The van der Waals surface area contributed by atoms with Gasteiger partial charge >= 0.3 is 0 Å². The Balaban J connectivity index is 1.89. The normalized spacial score (nSPS) is 23.8. The first-order chi connectivity index (χ1) is 8.19. The molecule has 96 valence electrons. The van der Waals surface area contributed by atoms with Gasteiger partial charge in [-0.05, 0) is 39.3 Å². The summed E-state index contributed by atoms with van der Waals surface area (Å²) in [4.78, 5) is 2.49. The molecule has 1 fully saturated rings. The summed E-state index contributed by atoms with van der Waals surface area (Å²) in [5.74, 6) is 0.755. The van der Waals surface area contributed by atoms with Gasteiger partial charge in [-0.3, -0.25) is 9.58 Å². The van der Waals surface area contributed by atoms with Crippen LogP contribution in [0.25, 0.3) is 0 Å². The van der Waals surface area contributed by atoms with Crippen LogP contribution < -0.4 is 5.32 Å². The highest BCUT2D eigenvalue weighted by molar-refractivity contribution is 4.93. The fraction of sp³-hybridized carbons (Fsp3) is 0.833. The van der Waals surface area contributed by atoms with Crippen molar-refractivity contribution in [2.24, 2.45) is 13.0 Å². The molecule has 2 heterocycles. The van der Waals surface area contributed by atoms with Crippen LogP contribution in [0.1, 0.15) is 25.5 Å². The molecule has 2 unspecified atom stereocenters. The minimum Gasteiger partial charge on any atom is -0.317 e. The Bertz CT molecular complexity index is 348. The molecule has 5 heteroatoms. The Hall–Kier alpha value is -0.940. The van der Waals surface area contributed by atoms with E-state index >= 15 is 0 Å². The first-order valence-electron chi connectivity index (χ1n) is 6.44. The summed E-state index contributed by atoms with van der Waals surface area (Å²) in [6.45, 7) is 5.55. The smallest absolute Gasteiger partial charge is 0.0967 e. The third-order valence-electron chi connectivity index (χ3n) is 3.74. The lowest BCUT2D eigenvalue weighted by Crippen LogP contribution is -2.43. The number of hydrogen-bond acceptors (Lipinski definition) is 4. The zero-order valence-corrected chi connectivity index (χ0v) is 11.1. The van der Waals surface area contributed by atoms with Crippen LogP contribution in [0.15, 0.2) is 6.20 Å². The lowest BCUT2D eigenvalue weighted by molar-refractivity contribution is 0.145. The summed E-state index contributed by atoms with van der Waals surface area (Å²) in [5, 5.41) is 11.5. The Labute approximate surface area is 103 Å². The van der Waals surface area contributed by atoms with Crippen LogP contribution in [0.5, 0.6) is 0 Å². The van der Waals surface area contributed by atoms with E-state index in [1.54, 1.807) is 4.68 Å². The monoisotopic (exact) mass is 237 g/mol. The van der Waals surface area contributed by atoms with Crippen molar-refractivity contribution in [3.05, 3.63) is 11.9 Å². The number of aryl methyl sites for hydroxylation is 1. The molecule has 0 bridgehead atoms. The predicted molar refractivity (Wildman–Crippen MR) is 67.5 cm³/mol. The van der Waals surface area contributed by atoms with Gasteiger partial charge in [-0.2, -0.15) is 0 Å². The molecule has 0 amide bonds. The first kappa shape index (κ1) is 12.5. The quantitative estimate of drug-likeness (QED) is 0.834. The van der Waals surface area contributed by atoms with Crippen molar-refractivity contribution < 1.29 is 0 Å². The number of nitrogens with one attached hydrogen (secondary N) is 1. The number of hydrogen-bond donors (Lipinski definition) is 1. The van der Waals surface area contributed by atoms with Gasteiger partial charge in [0, 0.05) is 32.4 Å². The Morgan fingerprint density at radius 2 is 2.41 bits per heavy atom. The summed E-state index contributed by atoms with van der Waals surface area (Å²) in [6, 6.07) is 0.597. The average molecular weight is 237 g/mol. The van der Waals surface area contributed by atoms with Gasteiger partial charge in [-0.25, -0.2) is 0 Å². The molecule has 0 aliphatic carbocycles. The minimum atomic E-state index is 0.597. The Kier molecular flexibility index (Phi) is 4.12. The molecule has 0 spiro atoms. The molecule has 0 aromatic carbocycles. The molecule has 1 aliphatic rings. The van der Waals surface area contributed by atoms with Gasteiger partial charge in [0.2, 0.25) is 0 Å². The van der Waals surface area contributed by atoms with Crippen molar-refractivity contribution in [3.63, 3.8) is 0 Å². The number of aromatic nitrogens is 3. The van der Waals surface area contributed by atoms with E-state index in [0.29, 0.717) is 6.04 Å². The van der Waals surface area contributed by atoms with Crippen molar-refractivity contribution in [3.8, 4) is 0 Å². The second-order valence-corrected chi connectivity index (χ2v) is 5.10. The number of rotatable bonds is 4. The van der Waals surface area contributed by atoms with E-state index in [4.69, 9.17) is 0 Å². The van der Waals surface area contributed by atoms with E-state index in [9.17, 15) is 0 Å². The van der Waals surface area contributed by atoms with Crippen molar-refractivity contribution in [2.45, 2.75) is 32.4 Å². The zero-order valence-electron chi connectivity index (χ0n) is 11.1. The largest absolute Gasteiger partial charge is 0.317 e. The summed E-state index contributed by atoms with van der Waals surface area (Å²) in [6.07, 6.45) is 4.63. The summed E-state index contributed by atoms with van der Waals surface area (Å²) in [7, 11) is 3.96. The summed E-state index contributed by atoms with van der Waals surface area (Å²) < 4.78 is 1.77. The molecular weight excluding hydrogens is 214 g/mol. The fourth-order valence-corrected chi connectivity index (χ4v) is 2.58. The van der Waals surface area contributed by atoms with Crippen molar-refractivity contribution in [1.29, 1.82) is 0 Å². The third-order valence-corrected chi connectivity index (χ3v) is 3.74. The van der Waals surface area contributed by atoms with E-state index < -0.39 is 0 Å². The predicted octanol–water partition coefficient (Wildman–Crippen LogP) is 0.635. The lowest BCUT2D eigenvalue weighted by atomic mass is 9.91. The number of piperidine rings is 1. The molecule has 1 aromatic rings. The zero-order chi connectivity index (χ0) is 12.3. The van der Waals surface area contributed by atoms with Crippen LogP contribution in [-0.2, 0) is 13.6 Å². The minimum absolute atomic E-state index is 0.597. The lowest BCUT2D eigenvalue weighted by Gasteiger charge is -2.35. The number of likely N-dealkylation sites (tertiary alicyclic amines) is 1. The van der Waals surface area contributed by atoms with Crippen LogP contribution in [0.2, 0.25) is 0 Å². The molecule has 1 saturated heterocycles. The van der Waals surface area contributed by atoms with E-state index in [1.807, 2.05) is 20.3 Å². The van der Waals surface area contributed by atoms with Gasteiger partial charge < -0.3 is 5.32 Å². The first-order valence-corrected chi connectivity index (χ1v) is 6.44. The highest BCUT2D eigenvalue weighted by Gasteiger charge is 2.24. The standard InChI is InChI=1S/C12H23N5/c1-10(13-2)11-5-4-6-17(7-11)9-12-8-16(3)15-14-12/h8,10-11,13H,4-7,9H2,1-3H3. The summed E-state index contributed by atoms with van der Waals surface area (Å²) >= 11 is 0. The van der Waals surface area contributed by atoms with E-state index in [2.05, 4.69) is 27.5 Å². The SMILES string of the molecule is CNC(C)C1CCCN(Cc2cn(C)nn2)C1. The maximum Gasteiger partial charge on any atom is 0.0967 e. The van der Waals surface area contributed by atoms with Crippen molar-refractivity contribution >= 4 is 0 Å². The molecule has 0 radical (unpaired) electrons. The van der Waals surface area contributed by atoms with Crippen LogP contribution in [0.4, 0.5) is 0 Å². The number of nitrogens with zero attached hydrogens (tertiary/aromatic N) is 4. The maximum absolute atomic E-state index is 4.16. The van der Waals surface area contributed by atoms with Crippen molar-refractivity contribution in [1.82, 2.24) is 25.2 Å². The van der Waals surface area contributed by atoms with Gasteiger partial charge in [-0.15, -0.1) is 5.10 Å². The second-order valence-electron chi connectivity index (χ2n) is 5.10. The molecule has 5 nitrogen and oxygen atoms in total. The molecule has 1 N–H and O–H groups in total. The van der Waals surface area contributed by atoms with Gasteiger partial charge in [0.15, 0.2) is 0 Å². The van der Waals surface area contributed by atoms with E-state index in [1.165, 1.54) is 25.9 Å². The van der Waals surface area contributed by atoms with Crippen LogP contribution in [0, 0.1) is 5.92 Å². The summed E-state index contributed by atoms with van der Waals surface area (Å²) in [5.41, 5.74) is 1.07. The van der Waals surface area contributed by atoms with Gasteiger partial charge in [0.1, 0.15) is 0 Å². The van der Waals surface area contributed by atoms with Crippen LogP contribution >= 0.6 is 0 Å². The highest BCUT2D eigenvalue weighted by Crippen LogP contribution is 2.20. The molecular formula is C12H23N5. The Morgan fingerprint density at radius 1 is 1.59 bits per heavy atom. The van der Waals surface area contributed by atoms with Crippen molar-refractivity contribution in [2.75, 3.05) is 20.1 Å². The third kappa shape index (κ3) is 3.26. The average Bonchev–Trinajstić information content (AvgIpc) is 2.74. The Morgan fingerprint density at radius 3 is 3.06 bits per heavy atom. The van der Waals surface area contributed by atoms with Gasteiger partial charge in [-0.1, -0.05) is 5.21 Å². The van der Waals surface area contributed by atoms with Gasteiger partial charge in [0.05, 0.1) is 5.69 Å². The molecule has 0 saturated carbocycles. The topological polar surface area (TPSA) is 46.0 Å². The van der Waals surface area contributed by atoms with Crippen LogP contribution in [-0.4, -0.2) is 46.1 Å². The maximum atomic E-state index is 4.16. The molecule has 1 aromatic heterocycles.